The van der Waals surface area contributed by atoms with E-state index >= 15 is 0 Å². The topological polar surface area (TPSA) is 117 Å². The molecule has 1 unspecified atom stereocenters. The van der Waals surface area contributed by atoms with Gasteiger partial charge in [0.05, 0.1) is 18.7 Å². The summed E-state index contributed by atoms with van der Waals surface area (Å²) in [7, 11) is 0. The second-order valence-corrected chi connectivity index (χ2v) is 11.5. The molecule has 0 bridgehead atoms. The number of rotatable bonds is 5. The van der Waals surface area contributed by atoms with Gasteiger partial charge in [0.1, 0.15) is 10.8 Å². The molecular weight excluding hydrogens is 528 g/mol. The number of hydrogen-bond acceptors (Lipinski definition) is 7. The van der Waals surface area contributed by atoms with Crippen molar-refractivity contribution in [2.45, 2.75) is 52.6 Å². The number of nitrogens with one attached hydrogen (secondary N) is 3. The number of ketones is 1. The van der Waals surface area contributed by atoms with Crippen LogP contribution in [0.3, 0.4) is 0 Å². The molecule has 3 N–H and O–H groups in total. The Morgan fingerprint density at radius 1 is 1.10 bits per heavy atom. The molecule has 208 valence electrons. The van der Waals surface area contributed by atoms with E-state index in [2.05, 4.69) is 29.8 Å². The van der Waals surface area contributed by atoms with Gasteiger partial charge >= 0.3 is 12.0 Å². The number of amides is 3. The molecule has 10 heteroatoms. The molecule has 5 rings (SSSR count). The Bertz CT molecular complexity index is 1490. The van der Waals surface area contributed by atoms with Crippen molar-refractivity contribution in [3.8, 4) is 5.75 Å². The van der Waals surface area contributed by atoms with Crippen molar-refractivity contribution in [3.63, 3.8) is 0 Å². The van der Waals surface area contributed by atoms with Crippen LogP contribution in [0.2, 0.25) is 0 Å². The van der Waals surface area contributed by atoms with Gasteiger partial charge in [0, 0.05) is 34.3 Å². The monoisotopic (exact) mass is 560 g/mol. The Balaban J connectivity index is 1.32. The van der Waals surface area contributed by atoms with Crippen LogP contribution in [0.1, 0.15) is 81.9 Å². The van der Waals surface area contributed by atoms with Crippen molar-refractivity contribution in [2.75, 3.05) is 23.7 Å². The van der Waals surface area contributed by atoms with E-state index in [4.69, 9.17) is 4.74 Å². The zero-order valence-corrected chi connectivity index (χ0v) is 23.7. The summed E-state index contributed by atoms with van der Waals surface area (Å²) in [6.07, 6.45) is 0.493. The highest BCUT2D eigenvalue weighted by atomic mass is 32.1. The van der Waals surface area contributed by atoms with Crippen LogP contribution in [-0.4, -0.2) is 41.7 Å². The lowest BCUT2D eigenvalue weighted by Crippen LogP contribution is -2.35. The van der Waals surface area contributed by atoms with Gasteiger partial charge in [-0.15, -0.1) is 11.3 Å². The minimum atomic E-state index is -0.436. The Kier molecular flexibility index (Phi) is 7.73. The minimum Gasteiger partial charge on any atom is -0.425 e. The third-order valence-electron chi connectivity index (χ3n) is 7.26. The minimum absolute atomic E-state index is 0.0817. The summed E-state index contributed by atoms with van der Waals surface area (Å²) in [5, 5.41) is 9.24. The molecule has 1 aromatic heterocycles. The van der Waals surface area contributed by atoms with E-state index in [-0.39, 0.29) is 24.3 Å². The summed E-state index contributed by atoms with van der Waals surface area (Å²) >= 11 is 1.31. The lowest BCUT2D eigenvalue weighted by Gasteiger charge is -2.27. The average Bonchev–Trinajstić information content (AvgIpc) is 3.21. The van der Waals surface area contributed by atoms with Crippen molar-refractivity contribution in [1.29, 1.82) is 0 Å². The molecule has 0 radical (unpaired) electrons. The summed E-state index contributed by atoms with van der Waals surface area (Å²) in [6.45, 7) is 8.47. The first-order valence-electron chi connectivity index (χ1n) is 13.3. The molecule has 2 aliphatic heterocycles. The van der Waals surface area contributed by atoms with Crippen LogP contribution in [-0.2, 0) is 17.8 Å². The van der Waals surface area contributed by atoms with Gasteiger partial charge in [0.25, 0.3) is 5.91 Å². The van der Waals surface area contributed by atoms with Gasteiger partial charge < -0.3 is 20.3 Å². The molecule has 3 heterocycles. The average molecular weight is 561 g/mol. The Hall–Kier alpha value is -4.02. The molecule has 2 aliphatic rings. The molecule has 1 atom stereocenters. The van der Waals surface area contributed by atoms with Gasteiger partial charge in [0.15, 0.2) is 5.78 Å². The molecule has 0 saturated heterocycles. The van der Waals surface area contributed by atoms with Gasteiger partial charge in [-0.25, -0.2) is 4.79 Å². The van der Waals surface area contributed by atoms with Crippen LogP contribution in [0.25, 0.3) is 0 Å². The van der Waals surface area contributed by atoms with Crippen LogP contribution in [0.15, 0.2) is 42.5 Å². The van der Waals surface area contributed by atoms with Crippen molar-refractivity contribution in [2.24, 2.45) is 0 Å². The summed E-state index contributed by atoms with van der Waals surface area (Å²) < 4.78 is 5.45. The van der Waals surface area contributed by atoms with Gasteiger partial charge in [-0.3, -0.25) is 19.7 Å². The van der Waals surface area contributed by atoms with E-state index < -0.39 is 12.0 Å². The smallest absolute Gasteiger partial charge is 0.325 e. The largest absolute Gasteiger partial charge is 0.425 e. The number of benzene rings is 2. The number of carbonyl (C=O) groups excluding carboxylic acids is 4. The van der Waals surface area contributed by atoms with Crippen LogP contribution >= 0.6 is 11.3 Å². The zero-order valence-electron chi connectivity index (χ0n) is 22.9. The first kappa shape index (κ1) is 27.5. The fraction of sp³-hybridized carbons (Fsp3) is 0.333. The fourth-order valence-corrected chi connectivity index (χ4v) is 6.36. The number of urea groups is 1. The van der Waals surface area contributed by atoms with E-state index in [1.165, 1.54) is 23.8 Å². The van der Waals surface area contributed by atoms with Crippen LogP contribution in [0.4, 0.5) is 15.5 Å². The van der Waals surface area contributed by atoms with E-state index in [0.717, 1.165) is 16.0 Å². The maximum Gasteiger partial charge on any atom is 0.325 e. The van der Waals surface area contributed by atoms with E-state index in [9.17, 15) is 19.2 Å². The van der Waals surface area contributed by atoms with Gasteiger partial charge in [-0.1, -0.05) is 32.0 Å². The number of ether oxygens (including phenoxy) is 1. The number of carbonyl (C=O) groups is 4. The standard InChI is InChI=1S/C30H32N4O5S/c1-16(2)19-5-8-21(9-6-19)32-30(38)33-28-27(18(4)35)23-11-12-34(15-25(23)40-28)29(37)20-7-10-22-17(3)31-14-26(36)39-24(22)13-20/h5-10,13,16-17,31H,11-12,14-15H2,1-4H3,(H2,32,33,38). The highest BCUT2D eigenvalue weighted by Gasteiger charge is 2.30. The molecule has 2 aromatic carbocycles. The van der Waals surface area contributed by atoms with Gasteiger partial charge in [-0.05, 0) is 61.6 Å². The fourth-order valence-electron chi connectivity index (χ4n) is 5.06. The first-order chi connectivity index (χ1) is 19.1. The Morgan fingerprint density at radius 3 is 2.55 bits per heavy atom. The first-order valence-corrected chi connectivity index (χ1v) is 14.1. The lowest BCUT2D eigenvalue weighted by atomic mass is 9.99. The normalized spacial score (nSPS) is 16.5. The van der Waals surface area contributed by atoms with E-state index in [1.807, 2.05) is 37.3 Å². The maximum absolute atomic E-state index is 13.4. The summed E-state index contributed by atoms with van der Waals surface area (Å²) in [5.74, 6) is 0.0517. The highest BCUT2D eigenvalue weighted by molar-refractivity contribution is 7.17. The lowest BCUT2D eigenvalue weighted by molar-refractivity contribution is -0.133. The number of hydrogen-bond donors (Lipinski definition) is 3. The molecular formula is C30H32N4O5S. The van der Waals surface area contributed by atoms with Crippen molar-refractivity contribution in [3.05, 3.63) is 75.2 Å². The Morgan fingerprint density at radius 2 is 1.85 bits per heavy atom. The molecule has 0 fully saturated rings. The molecule has 40 heavy (non-hydrogen) atoms. The van der Waals surface area contributed by atoms with Gasteiger partial charge in [0.2, 0.25) is 0 Å². The quantitative estimate of drug-likeness (QED) is 0.216. The summed E-state index contributed by atoms with van der Waals surface area (Å²) in [4.78, 5) is 53.4. The predicted octanol–water partition coefficient (Wildman–Crippen LogP) is 5.49. The van der Waals surface area contributed by atoms with Crippen LogP contribution in [0.5, 0.6) is 5.75 Å². The number of thiophene rings is 1. The second kappa shape index (κ2) is 11.2. The zero-order chi connectivity index (χ0) is 28.6. The molecule has 3 amide bonds. The van der Waals surface area contributed by atoms with Crippen LogP contribution < -0.4 is 20.7 Å². The van der Waals surface area contributed by atoms with Crippen molar-refractivity contribution < 1.29 is 23.9 Å². The summed E-state index contributed by atoms with van der Waals surface area (Å²) in [5.41, 5.74) is 4.44. The van der Waals surface area contributed by atoms with Crippen LogP contribution in [0, 0.1) is 0 Å². The number of fused-ring (bicyclic) bond motifs is 2. The SMILES string of the molecule is CC(=O)c1c(NC(=O)Nc2ccc(C(C)C)cc2)sc2c1CCN(C(=O)c1ccc3c(c1)OC(=O)CNC3C)C2. The third-order valence-corrected chi connectivity index (χ3v) is 8.39. The number of anilines is 2. The Labute approximate surface area is 236 Å². The van der Waals surface area contributed by atoms with Gasteiger partial charge in [-0.2, -0.15) is 0 Å². The second-order valence-electron chi connectivity index (χ2n) is 10.4. The molecule has 0 saturated carbocycles. The number of Topliss-reactive ketones (excluding diaryl/α,β-unsaturated/α-hetero) is 1. The van der Waals surface area contributed by atoms with E-state index in [1.54, 1.807) is 17.0 Å². The molecule has 0 spiro atoms. The number of nitrogens with zero attached hydrogens (tertiary/aromatic N) is 1. The molecule has 0 aliphatic carbocycles. The predicted molar refractivity (Wildman–Crippen MR) is 154 cm³/mol. The van der Waals surface area contributed by atoms with E-state index in [0.29, 0.717) is 53.0 Å². The highest BCUT2D eigenvalue weighted by Crippen LogP contribution is 2.38. The maximum atomic E-state index is 13.4. The third kappa shape index (κ3) is 5.64. The molecule has 3 aromatic rings. The van der Waals surface area contributed by atoms with Crippen molar-refractivity contribution >= 4 is 45.7 Å². The molecule has 9 nitrogen and oxygen atoms in total. The summed E-state index contributed by atoms with van der Waals surface area (Å²) in [6, 6.07) is 12.3. The van der Waals surface area contributed by atoms with Crippen molar-refractivity contribution in [1.82, 2.24) is 10.2 Å². The number of esters is 1.